The van der Waals surface area contributed by atoms with Gasteiger partial charge in [0.1, 0.15) is 0 Å². The van der Waals surface area contributed by atoms with E-state index in [2.05, 4.69) is 17.9 Å². The molecule has 0 saturated carbocycles. The van der Waals surface area contributed by atoms with Gasteiger partial charge in [-0.15, -0.1) is 0 Å². The number of nitrogens with one attached hydrogen (secondary N) is 1. The van der Waals surface area contributed by atoms with E-state index < -0.39 is 0 Å². The molecule has 4 heteroatoms. The minimum atomic E-state index is 0. The molecule has 0 aliphatic heterocycles. The summed E-state index contributed by atoms with van der Waals surface area (Å²) >= 11 is 1.43. The average Bonchev–Trinajstić information content (AvgIpc) is 2.41. The highest BCUT2D eigenvalue weighted by Crippen LogP contribution is 2.27. The zero-order valence-electron chi connectivity index (χ0n) is 11.0. The summed E-state index contributed by atoms with van der Waals surface area (Å²) in [5.41, 5.74) is 14.8. The van der Waals surface area contributed by atoms with Crippen LogP contribution in [0.5, 0.6) is 0 Å². The molecular formula is C16H23N3S. The van der Waals surface area contributed by atoms with Crippen molar-refractivity contribution in [3.8, 4) is 0 Å². The van der Waals surface area contributed by atoms with Crippen molar-refractivity contribution in [3.05, 3.63) is 66.9 Å². The van der Waals surface area contributed by atoms with E-state index in [0.717, 1.165) is 16.2 Å². The van der Waals surface area contributed by atoms with Gasteiger partial charge in [0.05, 0.1) is 16.3 Å². The summed E-state index contributed by atoms with van der Waals surface area (Å²) in [4.78, 5) is 0.907. The van der Waals surface area contributed by atoms with Gasteiger partial charge in [0, 0.05) is 5.70 Å². The third kappa shape index (κ3) is 5.28. The fraction of sp³-hybridized carbons (Fsp3) is 0.125. The summed E-state index contributed by atoms with van der Waals surface area (Å²) in [5.74, 6) is 0. The standard InChI is InChI=1S/C15H19N3S.CH4/c1-4-12(5-2)10-9-11(3)18-19-14-8-6-7-13(16)15(14)17;/h4-10,18H,1-2,16-17H2,3H3;1H4/b11-9+;. The molecule has 0 aliphatic rings. The third-order valence-electron chi connectivity index (χ3n) is 2.42. The van der Waals surface area contributed by atoms with Crippen LogP contribution in [0.15, 0.2) is 71.8 Å². The van der Waals surface area contributed by atoms with Crippen molar-refractivity contribution in [2.24, 2.45) is 0 Å². The minimum absolute atomic E-state index is 0. The first-order valence-electron chi connectivity index (χ1n) is 5.78. The fourth-order valence-electron chi connectivity index (χ4n) is 1.26. The van der Waals surface area contributed by atoms with Gasteiger partial charge in [-0.2, -0.15) is 0 Å². The number of nitrogens with two attached hydrogens (primary N) is 2. The zero-order valence-corrected chi connectivity index (χ0v) is 11.8. The number of allylic oxidation sites excluding steroid dienone is 6. The number of para-hydroxylation sites is 1. The summed E-state index contributed by atoms with van der Waals surface area (Å²) in [5, 5.41) is 0. The summed E-state index contributed by atoms with van der Waals surface area (Å²) in [6.45, 7) is 9.37. The lowest BCUT2D eigenvalue weighted by molar-refractivity contribution is 1.19. The third-order valence-corrected chi connectivity index (χ3v) is 3.42. The van der Waals surface area contributed by atoms with Crippen LogP contribution < -0.4 is 16.2 Å². The maximum atomic E-state index is 5.89. The number of rotatable bonds is 6. The maximum absolute atomic E-state index is 5.89. The van der Waals surface area contributed by atoms with E-state index in [1.54, 1.807) is 18.2 Å². The molecule has 0 saturated heterocycles. The Hall–Kier alpha value is -2.07. The second-order valence-corrected chi connectivity index (χ2v) is 4.74. The van der Waals surface area contributed by atoms with Crippen LogP contribution in [0.4, 0.5) is 11.4 Å². The molecule has 0 heterocycles. The SMILES string of the molecule is C.C=CC(C=C)=C/C=C(\C)NSc1cccc(N)c1N. The Balaban J connectivity index is 0.00000361. The van der Waals surface area contributed by atoms with Crippen LogP contribution in [-0.2, 0) is 0 Å². The lowest BCUT2D eigenvalue weighted by Crippen LogP contribution is -2.02. The molecule has 108 valence electrons. The highest BCUT2D eigenvalue weighted by atomic mass is 32.2. The Bertz CT molecular complexity index is 521. The van der Waals surface area contributed by atoms with Crippen LogP contribution in [0.1, 0.15) is 14.4 Å². The largest absolute Gasteiger partial charge is 0.397 e. The van der Waals surface area contributed by atoms with E-state index in [4.69, 9.17) is 11.5 Å². The van der Waals surface area contributed by atoms with Gasteiger partial charge < -0.3 is 16.2 Å². The summed E-state index contributed by atoms with van der Waals surface area (Å²) < 4.78 is 3.20. The van der Waals surface area contributed by atoms with Crippen LogP contribution in [0.25, 0.3) is 0 Å². The molecule has 5 N–H and O–H groups in total. The van der Waals surface area contributed by atoms with Crippen molar-refractivity contribution in [2.75, 3.05) is 11.5 Å². The second kappa shape index (κ2) is 8.93. The predicted octanol–water partition coefficient (Wildman–Crippen LogP) is 4.29. The number of hydrogen-bond acceptors (Lipinski definition) is 4. The van der Waals surface area contributed by atoms with Gasteiger partial charge in [0.2, 0.25) is 0 Å². The van der Waals surface area contributed by atoms with Gasteiger partial charge in [-0.25, -0.2) is 0 Å². The molecule has 0 bridgehead atoms. The monoisotopic (exact) mass is 289 g/mol. The van der Waals surface area contributed by atoms with Crippen LogP contribution in [0.3, 0.4) is 0 Å². The predicted molar refractivity (Wildman–Crippen MR) is 93.2 cm³/mol. The lowest BCUT2D eigenvalue weighted by Gasteiger charge is -2.09. The van der Waals surface area contributed by atoms with Crippen molar-refractivity contribution < 1.29 is 0 Å². The molecule has 20 heavy (non-hydrogen) atoms. The Morgan fingerprint density at radius 1 is 1.20 bits per heavy atom. The van der Waals surface area contributed by atoms with Gasteiger partial charge in [-0.3, -0.25) is 0 Å². The van der Waals surface area contributed by atoms with Gasteiger partial charge in [-0.05, 0) is 42.7 Å². The summed E-state index contributed by atoms with van der Waals surface area (Å²) in [6, 6.07) is 5.58. The molecule has 3 nitrogen and oxygen atoms in total. The number of benzene rings is 1. The minimum Gasteiger partial charge on any atom is -0.397 e. The second-order valence-electron chi connectivity index (χ2n) is 3.89. The molecule has 1 aromatic carbocycles. The quantitative estimate of drug-likeness (QED) is 0.415. The number of anilines is 2. The number of hydrogen-bond donors (Lipinski definition) is 3. The van der Waals surface area contributed by atoms with Crippen molar-refractivity contribution in [3.63, 3.8) is 0 Å². The van der Waals surface area contributed by atoms with E-state index in [1.165, 1.54) is 11.9 Å². The highest BCUT2D eigenvalue weighted by Gasteiger charge is 2.02. The van der Waals surface area contributed by atoms with E-state index in [-0.39, 0.29) is 7.43 Å². The van der Waals surface area contributed by atoms with Crippen molar-refractivity contribution >= 4 is 23.3 Å². The van der Waals surface area contributed by atoms with Crippen LogP contribution in [-0.4, -0.2) is 0 Å². The molecule has 0 spiro atoms. The molecule has 0 fully saturated rings. The molecule has 0 aliphatic carbocycles. The van der Waals surface area contributed by atoms with E-state index in [1.807, 2.05) is 31.2 Å². The smallest absolute Gasteiger partial charge is 0.0703 e. The topological polar surface area (TPSA) is 64.1 Å². The Morgan fingerprint density at radius 2 is 1.85 bits per heavy atom. The summed E-state index contributed by atoms with van der Waals surface area (Å²) in [6.07, 6.45) is 7.39. The van der Waals surface area contributed by atoms with Gasteiger partial charge in [0.15, 0.2) is 0 Å². The first kappa shape index (κ1) is 17.9. The van der Waals surface area contributed by atoms with E-state index in [0.29, 0.717) is 11.4 Å². The molecule has 0 amide bonds. The molecule has 0 atom stereocenters. The lowest BCUT2D eigenvalue weighted by atomic mass is 10.2. The van der Waals surface area contributed by atoms with Crippen molar-refractivity contribution in [1.29, 1.82) is 0 Å². The van der Waals surface area contributed by atoms with Crippen LogP contribution >= 0.6 is 11.9 Å². The first-order valence-corrected chi connectivity index (χ1v) is 6.60. The maximum Gasteiger partial charge on any atom is 0.0703 e. The normalized spacial score (nSPS) is 10.2. The van der Waals surface area contributed by atoms with Gasteiger partial charge in [-0.1, -0.05) is 44.9 Å². The van der Waals surface area contributed by atoms with Crippen LogP contribution in [0, 0.1) is 0 Å². The summed E-state index contributed by atoms with van der Waals surface area (Å²) in [7, 11) is 0. The average molecular weight is 289 g/mol. The Morgan fingerprint density at radius 3 is 2.45 bits per heavy atom. The molecule has 0 unspecified atom stereocenters. The van der Waals surface area contributed by atoms with E-state index in [9.17, 15) is 0 Å². The van der Waals surface area contributed by atoms with Crippen LogP contribution in [0.2, 0.25) is 0 Å². The molecular weight excluding hydrogens is 266 g/mol. The Kier molecular flexibility index (Phi) is 8.01. The van der Waals surface area contributed by atoms with Gasteiger partial charge >= 0.3 is 0 Å². The Labute approximate surface area is 126 Å². The molecule has 0 radical (unpaired) electrons. The molecule has 1 aromatic rings. The van der Waals surface area contributed by atoms with Crippen molar-refractivity contribution in [1.82, 2.24) is 4.72 Å². The molecule has 1 rings (SSSR count). The van der Waals surface area contributed by atoms with Gasteiger partial charge in [0.25, 0.3) is 0 Å². The first-order chi connectivity index (χ1) is 9.08. The zero-order chi connectivity index (χ0) is 14.3. The fourth-order valence-corrected chi connectivity index (χ4v) is 1.97. The number of nitrogen functional groups attached to an aromatic ring is 2. The van der Waals surface area contributed by atoms with Crippen molar-refractivity contribution in [2.45, 2.75) is 19.2 Å². The van der Waals surface area contributed by atoms with E-state index >= 15 is 0 Å². The highest BCUT2D eigenvalue weighted by molar-refractivity contribution is 7.97. The molecule has 0 aromatic heterocycles.